The molecule has 4 nitrogen and oxygen atoms in total. The van der Waals surface area contributed by atoms with Gasteiger partial charge in [-0.3, -0.25) is 4.68 Å². The zero-order chi connectivity index (χ0) is 15.5. The maximum atomic E-state index is 12.5. The number of nitrogens with zero attached hydrogens (tertiary/aromatic N) is 2. The molecular weight excluding hydrogens is 283 g/mol. The summed E-state index contributed by atoms with van der Waals surface area (Å²) in [5, 5.41) is 6.89. The predicted molar refractivity (Wildman–Crippen MR) is 72.8 cm³/mol. The number of aromatic nitrogens is 2. The maximum absolute atomic E-state index is 12.5. The van der Waals surface area contributed by atoms with Gasteiger partial charge in [-0.25, -0.2) is 0 Å². The maximum Gasteiger partial charge on any atom is 0.435 e. The minimum Gasteiger partial charge on any atom is -0.372 e. The van der Waals surface area contributed by atoms with Gasteiger partial charge in [-0.15, -0.1) is 0 Å². The molecule has 7 heteroatoms. The molecule has 2 atom stereocenters. The van der Waals surface area contributed by atoms with E-state index in [1.165, 1.54) is 10.9 Å². The monoisotopic (exact) mass is 305 g/mol. The molecular formula is C14H22F3N3O. The normalized spacial score (nSPS) is 23.1. The van der Waals surface area contributed by atoms with Crippen molar-refractivity contribution in [3.05, 3.63) is 18.0 Å². The average molecular weight is 305 g/mol. The van der Waals surface area contributed by atoms with Gasteiger partial charge in [0.1, 0.15) is 0 Å². The summed E-state index contributed by atoms with van der Waals surface area (Å²) >= 11 is 0. The first-order valence-electron chi connectivity index (χ1n) is 7.31. The Kier molecular flexibility index (Phi) is 5.27. The van der Waals surface area contributed by atoms with Gasteiger partial charge < -0.3 is 10.1 Å². The van der Waals surface area contributed by atoms with Crippen LogP contribution in [0.15, 0.2) is 12.3 Å². The van der Waals surface area contributed by atoms with Crippen LogP contribution in [0.2, 0.25) is 0 Å². The molecule has 1 saturated heterocycles. The molecule has 0 bridgehead atoms. The quantitative estimate of drug-likeness (QED) is 0.878. The Bertz CT molecular complexity index is 445. The van der Waals surface area contributed by atoms with Crippen molar-refractivity contribution in [3.63, 3.8) is 0 Å². The molecule has 2 heterocycles. The Hall–Kier alpha value is -1.08. The van der Waals surface area contributed by atoms with Crippen LogP contribution in [-0.2, 0) is 17.5 Å². The summed E-state index contributed by atoms with van der Waals surface area (Å²) in [5.41, 5.74) is -0.851. The third kappa shape index (κ3) is 5.00. The molecule has 21 heavy (non-hydrogen) atoms. The third-order valence-corrected chi connectivity index (χ3v) is 3.44. The fourth-order valence-electron chi connectivity index (χ4n) is 2.42. The first-order valence-corrected chi connectivity index (χ1v) is 7.31. The van der Waals surface area contributed by atoms with Crippen molar-refractivity contribution in [2.75, 3.05) is 13.1 Å². The van der Waals surface area contributed by atoms with Crippen molar-refractivity contribution in [1.29, 1.82) is 0 Å². The standard InChI is InChI=1S/C14H22F3N3O/c1-10(2)7-18-8-11-3-4-12(21-11)9-20-6-5-13(19-20)14(15,16)17/h5-6,10-12,18H,3-4,7-9H2,1-2H3. The van der Waals surface area contributed by atoms with E-state index in [0.29, 0.717) is 12.5 Å². The van der Waals surface area contributed by atoms with E-state index in [1.54, 1.807) is 0 Å². The van der Waals surface area contributed by atoms with E-state index < -0.39 is 11.9 Å². The molecule has 120 valence electrons. The molecule has 0 spiro atoms. The Morgan fingerprint density at radius 2 is 2.10 bits per heavy atom. The van der Waals surface area contributed by atoms with Crippen LogP contribution in [0.5, 0.6) is 0 Å². The number of rotatable bonds is 6. The average Bonchev–Trinajstić information content (AvgIpc) is 2.98. The number of halogens is 3. The molecule has 1 aromatic heterocycles. The number of ether oxygens (including phenoxy) is 1. The van der Waals surface area contributed by atoms with Crippen LogP contribution < -0.4 is 5.32 Å². The van der Waals surface area contributed by atoms with Crippen LogP contribution in [-0.4, -0.2) is 35.1 Å². The Morgan fingerprint density at radius 3 is 2.71 bits per heavy atom. The molecule has 1 N–H and O–H groups in total. The minimum absolute atomic E-state index is 0.0585. The van der Waals surface area contributed by atoms with E-state index in [4.69, 9.17) is 4.74 Å². The fraction of sp³-hybridized carbons (Fsp3) is 0.786. The van der Waals surface area contributed by atoms with Crippen molar-refractivity contribution in [2.24, 2.45) is 5.92 Å². The van der Waals surface area contributed by atoms with Crippen LogP contribution in [0.4, 0.5) is 13.2 Å². The molecule has 0 saturated carbocycles. The summed E-state index contributed by atoms with van der Waals surface area (Å²) in [6.07, 6.45) is -1.15. The van der Waals surface area contributed by atoms with E-state index >= 15 is 0 Å². The van der Waals surface area contributed by atoms with Gasteiger partial charge in [0.05, 0.1) is 18.8 Å². The van der Waals surface area contributed by atoms with Gasteiger partial charge in [0.2, 0.25) is 0 Å². The van der Waals surface area contributed by atoms with Crippen molar-refractivity contribution >= 4 is 0 Å². The molecule has 1 fully saturated rings. The zero-order valence-corrected chi connectivity index (χ0v) is 12.4. The summed E-state index contributed by atoms with van der Waals surface area (Å²) in [7, 11) is 0. The van der Waals surface area contributed by atoms with Crippen molar-refractivity contribution in [2.45, 2.75) is 51.6 Å². The number of hydrogen-bond acceptors (Lipinski definition) is 3. The molecule has 0 amide bonds. The number of nitrogens with one attached hydrogen (secondary N) is 1. The van der Waals surface area contributed by atoms with E-state index in [0.717, 1.165) is 32.0 Å². The first-order chi connectivity index (χ1) is 9.84. The first kappa shape index (κ1) is 16.3. The van der Waals surface area contributed by atoms with Gasteiger partial charge in [-0.1, -0.05) is 13.8 Å². The van der Waals surface area contributed by atoms with Crippen LogP contribution in [0.1, 0.15) is 32.4 Å². The lowest BCUT2D eigenvalue weighted by Crippen LogP contribution is -2.30. The Morgan fingerprint density at radius 1 is 1.38 bits per heavy atom. The summed E-state index contributed by atoms with van der Waals surface area (Å²) in [6, 6.07) is 0.997. The molecule has 0 radical (unpaired) electrons. The van der Waals surface area contributed by atoms with Crippen molar-refractivity contribution < 1.29 is 17.9 Å². The highest BCUT2D eigenvalue weighted by atomic mass is 19.4. The van der Waals surface area contributed by atoms with E-state index in [2.05, 4.69) is 24.3 Å². The minimum atomic E-state index is -4.38. The highest BCUT2D eigenvalue weighted by molar-refractivity contribution is 5.03. The van der Waals surface area contributed by atoms with Crippen LogP contribution in [0.25, 0.3) is 0 Å². The van der Waals surface area contributed by atoms with Crippen LogP contribution in [0.3, 0.4) is 0 Å². The van der Waals surface area contributed by atoms with E-state index in [1.807, 2.05) is 0 Å². The van der Waals surface area contributed by atoms with E-state index in [-0.39, 0.29) is 12.2 Å². The largest absolute Gasteiger partial charge is 0.435 e. The second kappa shape index (κ2) is 6.79. The summed E-state index contributed by atoms with van der Waals surface area (Å²) in [6.45, 7) is 6.39. The lowest BCUT2D eigenvalue weighted by Gasteiger charge is -2.15. The molecule has 0 aliphatic carbocycles. The lowest BCUT2D eigenvalue weighted by molar-refractivity contribution is -0.141. The Balaban J connectivity index is 1.76. The van der Waals surface area contributed by atoms with E-state index in [9.17, 15) is 13.2 Å². The smallest absolute Gasteiger partial charge is 0.372 e. The van der Waals surface area contributed by atoms with Gasteiger partial charge in [-0.2, -0.15) is 18.3 Å². The molecule has 2 unspecified atom stereocenters. The fourth-order valence-corrected chi connectivity index (χ4v) is 2.42. The zero-order valence-electron chi connectivity index (χ0n) is 12.4. The van der Waals surface area contributed by atoms with Crippen LogP contribution in [0, 0.1) is 5.92 Å². The highest BCUT2D eigenvalue weighted by Gasteiger charge is 2.34. The van der Waals surface area contributed by atoms with Gasteiger partial charge in [0.25, 0.3) is 0 Å². The highest BCUT2D eigenvalue weighted by Crippen LogP contribution is 2.27. The van der Waals surface area contributed by atoms with Gasteiger partial charge in [0.15, 0.2) is 5.69 Å². The second-order valence-corrected chi connectivity index (χ2v) is 5.93. The topological polar surface area (TPSA) is 39.1 Å². The van der Waals surface area contributed by atoms with Crippen molar-refractivity contribution in [3.8, 4) is 0 Å². The molecule has 2 rings (SSSR count). The SMILES string of the molecule is CC(C)CNCC1CCC(Cn2ccc(C(F)(F)F)n2)O1. The Labute approximate surface area is 122 Å². The van der Waals surface area contributed by atoms with Crippen LogP contribution >= 0.6 is 0 Å². The second-order valence-electron chi connectivity index (χ2n) is 5.93. The third-order valence-electron chi connectivity index (χ3n) is 3.44. The molecule has 1 aliphatic heterocycles. The van der Waals surface area contributed by atoms with Gasteiger partial charge >= 0.3 is 6.18 Å². The summed E-state index contributed by atoms with van der Waals surface area (Å²) < 4.78 is 44.6. The predicted octanol–water partition coefficient (Wildman–Crippen LogP) is 2.70. The number of hydrogen-bond donors (Lipinski definition) is 1. The lowest BCUT2D eigenvalue weighted by atomic mass is 10.2. The van der Waals surface area contributed by atoms with Gasteiger partial charge in [0, 0.05) is 12.7 Å². The molecule has 1 aliphatic rings. The molecule has 0 aromatic carbocycles. The number of alkyl halides is 3. The molecule has 1 aromatic rings. The van der Waals surface area contributed by atoms with Crippen molar-refractivity contribution in [1.82, 2.24) is 15.1 Å². The summed E-state index contributed by atoms with van der Waals surface area (Å²) in [4.78, 5) is 0. The summed E-state index contributed by atoms with van der Waals surface area (Å²) in [5.74, 6) is 0.590. The van der Waals surface area contributed by atoms with Gasteiger partial charge in [-0.05, 0) is 31.4 Å².